The third kappa shape index (κ3) is 4.47. The molecule has 2 rings (SSSR count). The lowest BCUT2D eigenvalue weighted by Crippen LogP contribution is -2.28. The van der Waals surface area contributed by atoms with Gasteiger partial charge in [-0.25, -0.2) is 8.78 Å². The maximum absolute atomic E-state index is 12.1. The van der Waals surface area contributed by atoms with Gasteiger partial charge in [-0.05, 0) is 30.5 Å². The summed E-state index contributed by atoms with van der Waals surface area (Å²) in [6.45, 7) is -0.209. The maximum atomic E-state index is 12.1. The molecule has 0 atom stereocenters. The lowest BCUT2D eigenvalue weighted by atomic mass is 10.1. The average molecular weight is 283 g/mol. The van der Waals surface area contributed by atoms with E-state index < -0.39 is 13.0 Å². The molecule has 0 spiro atoms. The monoisotopic (exact) mass is 283 g/mol. The molecule has 1 aromatic carbocycles. The van der Waals surface area contributed by atoms with Gasteiger partial charge in [-0.2, -0.15) is 0 Å². The Kier molecular flexibility index (Phi) is 5.32. The third-order valence-corrected chi connectivity index (χ3v) is 3.47. The molecule has 1 aromatic rings. The van der Waals surface area contributed by atoms with Gasteiger partial charge in [0.05, 0.1) is 0 Å². The maximum Gasteiger partial charge on any atom is 0.272 e. The number of amides is 1. The van der Waals surface area contributed by atoms with Crippen molar-refractivity contribution in [3.8, 4) is 5.75 Å². The molecule has 1 N–H and O–H groups in total. The van der Waals surface area contributed by atoms with Crippen LogP contribution in [-0.4, -0.2) is 18.9 Å². The average Bonchev–Trinajstić information content (AvgIpc) is 2.97. The van der Waals surface area contributed by atoms with Crippen LogP contribution < -0.4 is 10.1 Å². The number of rotatable bonds is 6. The fourth-order valence-corrected chi connectivity index (χ4v) is 2.43. The second kappa shape index (κ2) is 7.22. The summed E-state index contributed by atoms with van der Waals surface area (Å²) in [6.07, 6.45) is 1.68. The van der Waals surface area contributed by atoms with Crippen molar-refractivity contribution in [2.24, 2.45) is 5.92 Å². The highest BCUT2D eigenvalue weighted by Gasteiger charge is 2.22. The van der Waals surface area contributed by atoms with Crippen molar-refractivity contribution in [3.63, 3.8) is 0 Å². The van der Waals surface area contributed by atoms with E-state index in [1.165, 1.54) is 0 Å². The quantitative estimate of drug-likeness (QED) is 0.871. The van der Waals surface area contributed by atoms with E-state index in [1.54, 1.807) is 18.2 Å². The number of hydrogen-bond acceptors (Lipinski definition) is 2. The van der Waals surface area contributed by atoms with Gasteiger partial charge < -0.3 is 10.1 Å². The van der Waals surface area contributed by atoms with Crippen LogP contribution in [0.5, 0.6) is 5.75 Å². The minimum atomic E-state index is -2.49. The molecular formula is C15H19F2NO2. The highest BCUT2D eigenvalue weighted by molar-refractivity contribution is 5.78. The van der Waals surface area contributed by atoms with Crippen molar-refractivity contribution in [1.82, 2.24) is 5.32 Å². The molecule has 1 amide bonds. The number of carbonyl (C=O) groups is 1. The molecule has 20 heavy (non-hydrogen) atoms. The number of ether oxygens (including phenoxy) is 1. The Balaban J connectivity index is 1.82. The van der Waals surface area contributed by atoms with Crippen molar-refractivity contribution in [2.45, 2.75) is 38.7 Å². The van der Waals surface area contributed by atoms with Crippen molar-refractivity contribution in [1.29, 1.82) is 0 Å². The van der Waals surface area contributed by atoms with Gasteiger partial charge in [0.25, 0.3) is 6.43 Å². The number of nitrogens with one attached hydrogen (secondary N) is 1. The second-order valence-corrected chi connectivity index (χ2v) is 5.05. The van der Waals surface area contributed by atoms with E-state index in [2.05, 4.69) is 5.32 Å². The van der Waals surface area contributed by atoms with Crippen LogP contribution in [0.2, 0.25) is 0 Å². The first-order valence-corrected chi connectivity index (χ1v) is 6.93. The Bertz CT molecular complexity index is 445. The lowest BCUT2D eigenvalue weighted by Gasteiger charge is -2.11. The van der Waals surface area contributed by atoms with E-state index >= 15 is 0 Å². The van der Waals surface area contributed by atoms with Gasteiger partial charge in [-0.15, -0.1) is 0 Å². The van der Waals surface area contributed by atoms with Crippen LogP contribution in [0.15, 0.2) is 24.3 Å². The Morgan fingerprint density at radius 3 is 2.80 bits per heavy atom. The van der Waals surface area contributed by atoms with Crippen LogP contribution >= 0.6 is 0 Å². The van der Waals surface area contributed by atoms with Gasteiger partial charge in [-0.3, -0.25) is 4.79 Å². The zero-order valence-corrected chi connectivity index (χ0v) is 11.3. The summed E-state index contributed by atoms with van der Waals surface area (Å²) in [4.78, 5) is 11.9. The molecule has 0 unspecified atom stereocenters. The molecule has 5 heteroatoms. The topological polar surface area (TPSA) is 38.3 Å². The predicted octanol–water partition coefficient (Wildman–Crippen LogP) is 3.14. The number of alkyl halides is 2. The molecular weight excluding hydrogens is 264 g/mol. The van der Waals surface area contributed by atoms with Crippen molar-refractivity contribution >= 4 is 5.91 Å². The fraction of sp³-hybridized carbons (Fsp3) is 0.533. The van der Waals surface area contributed by atoms with Crippen LogP contribution in [0.1, 0.15) is 31.2 Å². The van der Waals surface area contributed by atoms with Crippen LogP contribution in [0, 0.1) is 5.92 Å². The summed E-state index contributed by atoms with van der Waals surface area (Å²) in [7, 11) is 0. The highest BCUT2D eigenvalue weighted by Crippen LogP contribution is 2.24. The number of benzene rings is 1. The normalized spacial score (nSPS) is 15.6. The van der Waals surface area contributed by atoms with Gasteiger partial charge >= 0.3 is 0 Å². The summed E-state index contributed by atoms with van der Waals surface area (Å²) >= 11 is 0. The molecule has 0 aliphatic heterocycles. The zero-order valence-electron chi connectivity index (χ0n) is 11.3. The Hall–Kier alpha value is -1.65. The van der Waals surface area contributed by atoms with E-state index in [-0.39, 0.29) is 11.8 Å². The Morgan fingerprint density at radius 2 is 2.10 bits per heavy atom. The van der Waals surface area contributed by atoms with E-state index in [4.69, 9.17) is 4.74 Å². The molecule has 0 bridgehead atoms. The van der Waals surface area contributed by atoms with Crippen LogP contribution in [0.25, 0.3) is 0 Å². The molecule has 1 aliphatic carbocycles. The molecule has 1 saturated carbocycles. The fourth-order valence-electron chi connectivity index (χ4n) is 2.43. The molecule has 1 fully saturated rings. The van der Waals surface area contributed by atoms with Gasteiger partial charge in [0.15, 0.2) is 0 Å². The Morgan fingerprint density at radius 1 is 1.35 bits per heavy atom. The summed E-state index contributed by atoms with van der Waals surface area (Å²) in [5, 5.41) is 2.89. The van der Waals surface area contributed by atoms with Crippen molar-refractivity contribution < 1.29 is 18.3 Å². The third-order valence-electron chi connectivity index (χ3n) is 3.47. The SMILES string of the molecule is O=C(NCc1cccc(OCC(F)F)c1)C1CCCC1. The molecule has 0 heterocycles. The first kappa shape index (κ1) is 14.8. The summed E-state index contributed by atoms with van der Waals surface area (Å²) in [5.74, 6) is 0.618. The standard InChI is InChI=1S/C15H19F2NO2/c16-14(17)10-20-13-7-3-4-11(8-13)9-18-15(19)12-5-1-2-6-12/h3-4,7-8,12,14H,1-2,5-6,9-10H2,(H,18,19). The summed E-state index contributed by atoms with van der Waals surface area (Å²) < 4.78 is 29.1. The van der Waals surface area contributed by atoms with Crippen molar-refractivity contribution in [3.05, 3.63) is 29.8 Å². The van der Waals surface area contributed by atoms with E-state index in [0.29, 0.717) is 12.3 Å². The second-order valence-electron chi connectivity index (χ2n) is 5.05. The van der Waals surface area contributed by atoms with Gasteiger partial charge in [-0.1, -0.05) is 25.0 Å². The van der Waals surface area contributed by atoms with Gasteiger partial charge in [0.2, 0.25) is 5.91 Å². The van der Waals surface area contributed by atoms with Crippen LogP contribution in [0.4, 0.5) is 8.78 Å². The largest absolute Gasteiger partial charge is 0.488 e. The Labute approximate surface area is 117 Å². The van der Waals surface area contributed by atoms with E-state index in [1.807, 2.05) is 6.07 Å². The van der Waals surface area contributed by atoms with E-state index in [0.717, 1.165) is 31.2 Å². The molecule has 1 aliphatic rings. The smallest absolute Gasteiger partial charge is 0.272 e. The number of halogens is 2. The zero-order chi connectivity index (χ0) is 14.4. The molecule has 0 saturated heterocycles. The molecule has 3 nitrogen and oxygen atoms in total. The summed E-state index contributed by atoms with van der Waals surface area (Å²) in [6, 6.07) is 6.88. The first-order chi connectivity index (χ1) is 9.65. The molecule has 110 valence electrons. The molecule has 0 aromatic heterocycles. The van der Waals surface area contributed by atoms with Crippen molar-refractivity contribution in [2.75, 3.05) is 6.61 Å². The summed E-state index contributed by atoms with van der Waals surface area (Å²) in [5.41, 5.74) is 0.850. The predicted molar refractivity (Wildman–Crippen MR) is 71.7 cm³/mol. The van der Waals surface area contributed by atoms with Gasteiger partial charge in [0, 0.05) is 12.5 Å². The van der Waals surface area contributed by atoms with Gasteiger partial charge in [0.1, 0.15) is 12.4 Å². The van der Waals surface area contributed by atoms with Crippen LogP contribution in [0.3, 0.4) is 0 Å². The molecule has 0 radical (unpaired) electrons. The highest BCUT2D eigenvalue weighted by atomic mass is 19.3. The van der Waals surface area contributed by atoms with Crippen LogP contribution in [-0.2, 0) is 11.3 Å². The van der Waals surface area contributed by atoms with E-state index in [9.17, 15) is 13.6 Å². The minimum absolute atomic E-state index is 0.0846. The first-order valence-electron chi connectivity index (χ1n) is 6.93. The number of hydrogen-bond donors (Lipinski definition) is 1. The minimum Gasteiger partial charge on any atom is -0.488 e. The number of carbonyl (C=O) groups excluding carboxylic acids is 1. The lowest BCUT2D eigenvalue weighted by molar-refractivity contribution is -0.124.